The van der Waals surface area contributed by atoms with Crippen LogP contribution in [0.3, 0.4) is 0 Å². The summed E-state index contributed by atoms with van der Waals surface area (Å²) in [4.78, 5) is 33.8. The molecule has 1 aromatic rings. The monoisotopic (exact) mass is 299 g/mol. The quantitative estimate of drug-likeness (QED) is 0.765. The number of carboxylic acids is 1. The second-order valence-electron chi connectivity index (χ2n) is 4.01. The van der Waals surface area contributed by atoms with Gasteiger partial charge in [-0.1, -0.05) is 29.8 Å². The van der Waals surface area contributed by atoms with Gasteiger partial charge in [0, 0.05) is 5.02 Å². The van der Waals surface area contributed by atoms with Crippen LogP contribution in [0.5, 0.6) is 0 Å². The van der Waals surface area contributed by atoms with Crippen molar-refractivity contribution in [2.24, 2.45) is 0 Å². The summed E-state index contributed by atoms with van der Waals surface area (Å²) in [6, 6.07) is 5.42. The minimum Gasteiger partial charge on any atom is -0.480 e. The third kappa shape index (κ3) is 4.89. The molecule has 0 aromatic heterocycles. The fraction of sp³-hybridized carbons (Fsp3) is 0.308. The smallest absolute Gasteiger partial charge is 0.326 e. The largest absolute Gasteiger partial charge is 0.480 e. The van der Waals surface area contributed by atoms with Crippen molar-refractivity contribution in [1.82, 2.24) is 5.32 Å². The normalized spacial score (nSPS) is 11.5. The molecule has 0 aliphatic carbocycles. The SMILES string of the molecule is COC(=O)C[C@H](NC(=O)Cc1ccccc1Cl)C(=O)O. The number of halogens is 1. The molecule has 0 aliphatic heterocycles. The average Bonchev–Trinajstić information content (AvgIpc) is 2.40. The molecular weight excluding hydrogens is 286 g/mol. The Hall–Kier alpha value is -2.08. The van der Waals surface area contributed by atoms with Crippen molar-refractivity contribution in [1.29, 1.82) is 0 Å². The van der Waals surface area contributed by atoms with Gasteiger partial charge >= 0.3 is 11.9 Å². The van der Waals surface area contributed by atoms with Gasteiger partial charge in [0.05, 0.1) is 20.0 Å². The van der Waals surface area contributed by atoms with Crippen LogP contribution in [0, 0.1) is 0 Å². The highest BCUT2D eigenvalue weighted by Gasteiger charge is 2.23. The lowest BCUT2D eigenvalue weighted by molar-refractivity contribution is -0.148. The van der Waals surface area contributed by atoms with Gasteiger partial charge in [-0.25, -0.2) is 4.79 Å². The number of nitrogens with one attached hydrogen (secondary N) is 1. The maximum absolute atomic E-state index is 11.8. The van der Waals surface area contributed by atoms with Gasteiger partial charge in [-0.05, 0) is 11.6 Å². The van der Waals surface area contributed by atoms with E-state index >= 15 is 0 Å². The van der Waals surface area contributed by atoms with E-state index in [9.17, 15) is 14.4 Å². The Labute approximate surface area is 120 Å². The summed E-state index contributed by atoms with van der Waals surface area (Å²) in [6.07, 6.45) is -0.495. The van der Waals surface area contributed by atoms with E-state index in [0.29, 0.717) is 10.6 Å². The van der Waals surface area contributed by atoms with Crippen molar-refractivity contribution in [3.8, 4) is 0 Å². The molecule has 0 spiro atoms. The van der Waals surface area contributed by atoms with E-state index in [4.69, 9.17) is 16.7 Å². The van der Waals surface area contributed by atoms with Crippen LogP contribution in [0.1, 0.15) is 12.0 Å². The number of carbonyl (C=O) groups is 3. The molecule has 1 aromatic carbocycles. The lowest BCUT2D eigenvalue weighted by atomic mass is 10.1. The number of esters is 1. The van der Waals surface area contributed by atoms with Crippen LogP contribution < -0.4 is 5.32 Å². The van der Waals surface area contributed by atoms with Crippen molar-refractivity contribution in [2.75, 3.05) is 7.11 Å². The number of rotatable bonds is 6. The van der Waals surface area contributed by atoms with Crippen molar-refractivity contribution >= 4 is 29.4 Å². The lowest BCUT2D eigenvalue weighted by Gasteiger charge is -2.13. The van der Waals surface area contributed by atoms with E-state index in [-0.39, 0.29) is 6.42 Å². The van der Waals surface area contributed by atoms with Crippen LogP contribution in [-0.4, -0.2) is 36.1 Å². The number of amides is 1. The van der Waals surface area contributed by atoms with E-state index < -0.39 is 30.3 Å². The molecule has 108 valence electrons. The number of aliphatic carboxylic acids is 1. The molecule has 0 bridgehead atoms. The molecule has 0 radical (unpaired) electrons. The second-order valence-corrected chi connectivity index (χ2v) is 4.41. The van der Waals surface area contributed by atoms with Gasteiger partial charge in [0.25, 0.3) is 0 Å². The van der Waals surface area contributed by atoms with Crippen LogP contribution in [-0.2, 0) is 25.5 Å². The van der Waals surface area contributed by atoms with Gasteiger partial charge in [0.2, 0.25) is 5.91 Å². The van der Waals surface area contributed by atoms with E-state index in [1.807, 2.05) is 0 Å². The van der Waals surface area contributed by atoms with E-state index in [2.05, 4.69) is 10.1 Å². The third-order valence-corrected chi connectivity index (χ3v) is 2.91. The highest BCUT2D eigenvalue weighted by atomic mass is 35.5. The molecule has 1 rings (SSSR count). The maximum atomic E-state index is 11.8. The average molecular weight is 300 g/mol. The first kappa shape index (κ1) is 16.0. The van der Waals surface area contributed by atoms with Crippen LogP contribution in [0.2, 0.25) is 5.02 Å². The Bertz CT molecular complexity index is 517. The molecule has 0 unspecified atom stereocenters. The first-order valence-electron chi connectivity index (χ1n) is 5.76. The number of carbonyl (C=O) groups excluding carboxylic acids is 2. The topological polar surface area (TPSA) is 92.7 Å². The number of hydrogen-bond acceptors (Lipinski definition) is 4. The van der Waals surface area contributed by atoms with Crippen molar-refractivity contribution < 1.29 is 24.2 Å². The Balaban J connectivity index is 2.65. The van der Waals surface area contributed by atoms with E-state index in [0.717, 1.165) is 7.11 Å². The predicted molar refractivity (Wildman–Crippen MR) is 71.4 cm³/mol. The number of methoxy groups -OCH3 is 1. The molecule has 0 aliphatic rings. The van der Waals surface area contributed by atoms with Gasteiger partial charge in [0.15, 0.2) is 0 Å². The number of carboxylic acid groups (broad SMARTS) is 1. The Kier molecular flexibility index (Phi) is 5.99. The molecule has 0 saturated carbocycles. The van der Waals surface area contributed by atoms with Gasteiger partial charge in [-0.3, -0.25) is 9.59 Å². The van der Waals surface area contributed by atoms with Gasteiger partial charge in [-0.15, -0.1) is 0 Å². The molecule has 6 nitrogen and oxygen atoms in total. The van der Waals surface area contributed by atoms with Crippen LogP contribution in [0.4, 0.5) is 0 Å². The summed E-state index contributed by atoms with van der Waals surface area (Å²) in [5.74, 6) is -2.55. The molecular formula is C13H14ClNO5. The second kappa shape index (κ2) is 7.49. The zero-order valence-corrected chi connectivity index (χ0v) is 11.5. The molecule has 20 heavy (non-hydrogen) atoms. The fourth-order valence-corrected chi connectivity index (χ4v) is 1.71. The van der Waals surface area contributed by atoms with Gasteiger partial charge < -0.3 is 15.2 Å². The Morgan fingerprint density at radius 3 is 2.55 bits per heavy atom. The summed E-state index contributed by atoms with van der Waals surface area (Å²) in [5.41, 5.74) is 0.578. The van der Waals surface area contributed by atoms with Crippen molar-refractivity contribution in [2.45, 2.75) is 18.9 Å². The minimum absolute atomic E-state index is 0.0649. The highest BCUT2D eigenvalue weighted by molar-refractivity contribution is 6.31. The summed E-state index contributed by atoms with van der Waals surface area (Å²) >= 11 is 5.90. The van der Waals surface area contributed by atoms with Crippen LogP contribution in [0.15, 0.2) is 24.3 Å². The summed E-state index contributed by atoms with van der Waals surface area (Å²) in [5, 5.41) is 11.6. The standard InChI is InChI=1S/C13H14ClNO5/c1-20-12(17)7-10(13(18)19)15-11(16)6-8-4-2-3-5-9(8)14/h2-5,10H,6-7H2,1H3,(H,15,16)(H,18,19)/t10-/m0/s1. The molecule has 0 fully saturated rings. The number of hydrogen-bond donors (Lipinski definition) is 2. The Morgan fingerprint density at radius 1 is 1.35 bits per heavy atom. The minimum atomic E-state index is -1.32. The molecule has 0 heterocycles. The number of benzene rings is 1. The first-order valence-corrected chi connectivity index (χ1v) is 6.14. The first-order chi connectivity index (χ1) is 9.43. The van der Waals surface area contributed by atoms with Crippen LogP contribution in [0.25, 0.3) is 0 Å². The van der Waals surface area contributed by atoms with E-state index in [1.54, 1.807) is 24.3 Å². The third-order valence-electron chi connectivity index (χ3n) is 2.54. The number of ether oxygens (including phenoxy) is 1. The van der Waals surface area contributed by atoms with Gasteiger partial charge in [0.1, 0.15) is 6.04 Å². The fourth-order valence-electron chi connectivity index (χ4n) is 1.51. The van der Waals surface area contributed by atoms with Crippen molar-refractivity contribution in [3.05, 3.63) is 34.9 Å². The van der Waals surface area contributed by atoms with Crippen molar-refractivity contribution in [3.63, 3.8) is 0 Å². The Morgan fingerprint density at radius 2 is 2.00 bits per heavy atom. The zero-order chi connectivity index (χ0) is 15.1. The lowest BCUT2D eigenvalue weighted by Crippen LogP contribution is -2.43. The molecule has 1 atom stereocenters. The van der Waals surface area contributed by atoms with E-state index in [1.165, 1.54) is 0 Å². The predicted octanol–water partition coefficient (Wildman–Crippen LogP) is 1.01. The van der Waals surface area contributed by atoms with Crippen LogP contribution >= 0.6 is 11.6 Å². The summed E-state index contributed by atoms with van der Waals surface area (Å²) < 4.78 is 4.38. The molecule has 7 heteroatoms. The molecule has 0 saturated heterocycles. The maximum Gasteiger partial charge on any atom is 0.326 e. The van der Waals surface area contributed by atoms with Gasteiger partial charge in [-0.2, -0.15) is 0 Å². The highest BCUT2D eigenvalue weighted by Crippen LogP contribution is 2.15. The molecule has 1 amide bonds. The summed E-state index contributed by atoms with van der Waals surface area (Å²) in [7, 11) is 1.15. The summed E-state index contributed by atoms with van der Waals surface area (Å²) in [6.45, 7) is 0. The zero-order valence-electron chi connectivity index (χ0n) is 10.8. The molecule has 2 N–H and O–H groups in total.